The quantitative estimate of drug-likeness (QED) is 0.790. The van der Waals surface area contributed by atoms with Crippen LogP contribution in [0, 0.1) is 5.92 Å². The van der Waals surface area contributed by atoms with Crippen molar-refractivity contribution >= 4 is 11.8 Å². The molecule has 1 aliphatic heterocycles. The molecule has 1 aromatic rings. The van der Waals surface area contributed by atoms with Gasteiger partial charge in [0.1, 0.15) is 0 Å². The molecule has 5 nitrogen and oxygen atoms in total. The number of amides is 2. The molecule has 0 saturated carbocycles. The lowest BCUT2D eigenvalue weighted by Crippen LogP contribution is -2.47. The van der Waals surface area contributed by atoms with E-state index in [4.69, 9.17) is 5.73 Å². The molecule has 1 aromatic carbocycles. The molecule has 1 aliphatic rings. The first-order chi connectivity index (χ1) is 12.8. The van der Waals surface area contributed by atoms with E-state index >= 15 is 0 Å². The Balaban J connectivity index is 2.13. The third kappa shape index (κ3) is 5.45. The zero-order valence-corrected chi connectivity index (χ0v) is 15.4. The van der Waals surface area contributed by atoms with E-state index in [9.17, 15) is 22.8 Å². The van der Waals surface area contributed by atoms with Gasteiger partial charge in [0.25, 0.3) is 0 Å². The predicted octanol–water partition coefficient (Wildman–Crippen LogP) is 2.51. The average Bonchev–Trinajstić information content (AvgIpc) is 2.66. The van der Waals surface area contributed by atoms with Gasteiger partial charge < -0.3 is 16.0 Å². The van der Waals surface area contributed by atoms with E-state index in [0.29, 0.717) is 44.5 Å². The van der Waals surface area contributed by atoms with Gasteiger partial charge in [-0.3, -0.25) is 9.59 Å². The highest BCUT2D eigenvalue weighted by molar-refractivity contribution is 5.85. The molecule has 0 bridgehead atoms. The summed E-state index contributed by atoms with van der Waals surface area (Å²) in [5.74, 6) is -1.33. The number of piperidine rings is 1. The highest BCUT2D eigenvalue weighted by Gasteiger charge is 2.34. The topological polar surface area (TPSA) is 75.4 Å². The molecule has 2 rings (SSSR count). The molecule has 1 saturated heterocycles. The van der Waals surface area contributed by atoms with Crippen molar-refractivity contribution in [2.75, 3.05) is 26.2 Å². The Kier molecular flexibility index (Phi) is 7.24. The van der Waals surface area contributed by atoms with Crippen LogP contribution in [0.1, 0.15) is 43.2 Å². The van der Waals surface area contributed by atoms with Crippen molar-refractivity contribution in [3.05, 3.63) is 35.4 Å². The largest absolute Gasteiger partial charge is 0.416 e. The molecule has 3 N–H and O–H groups in total. The summed E-state index contributed by atoms with van der Waals surface area (Å²) >= 11 is 0. The second-order valence-electron chi connectivity index (χ2n) is 6.79. The van der Waals surface area contributed by atoms with Crippen molar-refractivity contribution in [3.8, 4) is 0 Å². The number of nitrogens with zero attached hydrogens (tertiary/aromatic N) is 1. The van der Waals surface area contributed by atoms with Crippen LogP contribution in [-0.2, 0) is 15.8 Å². The summed E-state index contributed by atoms with van der Waals surface area (Å²) in [4.78, 5) is 26.7. The van der Waals surface area contributed by atoms with E-state index in [1.54, 1.807) is 17.9 Å². The summed E-state index contributed by atoms with van der Waals surface area (Å²) < 4.78 is 39.0. The Morgan fingerprint density at radius 2 is 2.11 bits per heavy atom. The molecule has 2 unspecified atom stereocenters. The highest BCUT2D eigenvalue weighted by atomic mass is 19.4. The van der Waals surface area contributed by atoms with E-state index in [-0.39, 0.29) is 24.3 Å². The van der Waals surface area contributed by atoms with Crippen molar-refractivity contribution in [1.29, 1.82) is 0 Å². The number of nitrogens with two attached hydrogens (primary N) is 1. The van der Waals surface area contributed by atoms with Crippen molar-refractivity contribution < 1.29 is 22.8 Å². The van der Waals surface area contributed by atoms with Crippen molar-refractivity contribution in [2.24, 2.45) is 11.7 Å². The van der Waals surface area contributed by atoms with Crippen LogP contribution in [0.2, 0.25) is 0 Å². The first-order valence-electron chi connectivity index (χ1n) is 9.21. The van der Waals surface area contributed by atoms with Gasteiger partial charge in [-0.05, 0) is 30.9 Å². The van der Waals surface area contributed by atoms with Gasteiger partial charge in [-0.2, -0.15) is 13.2 Å². The van der Waals surface area contributed by atoms with Crippen LogP contribution in [0.3, 0.4) is 0 Å². The van der Waals surface area contributed by atoms with Crippen LogP contribution in [0.5, 0.6) is 0 Å². The van der Waals surface area contributed by atoms with Crippen LogP contribution >= 0.6 is 0 Å². The second-order valence-corrected chi connectivity index (χ2v) is 6.79. The van der Waals surface area contributed by atoms with Gasteiger partial charge in [-0.15, -0.1) is 0 Å². The second kappa shape index (κ2) is 9.21. The first-order valence-corrected chi connectivity index (χ1v) is 9.21. The molecule has 1 fully saturated rings. The van der Waals surface area contributed by atoms with E-state index in [0.717, 1.165) is 12.1 Å². The van der Waals surface area contributed by atoms with Crippen molar-refractivity contribution in [2.45, 2.75) is 38.3 Å². The summed E-state index contributed by atoms with van der Waals surface area (Å²) in [6, 6.07) is 4.92. The van der Waals surface area contributed by atoms with Gasteiger partial charge in [0, 0.05) is 26.2 Å². The van der Waals surface area contributed by atoms with Crippen molar-refractivity contribution in [1.82, 2.24) is 10.2 Å². The smallest absolute Gasteiger partial charge is 0.355 e. The Labute approximate surface area is 157 Å². The molecule has 150 valence electrons. The number of benzene rings is 1. The minimum Gasteiger partial charge on any atom is -0.355 e. The number of rotatable bonds is 6. The number of hydrogen-bond donors (Lipinski definition) is 2. The molecule has 0 spiro atoms. The van der Waals surface area contributed by atoms with Crippen LogP contribution in [0.15, 0.2) is 24.3 Å². The summed E-state index contributed by atoms with van der Waals surface area (Å²) in [7, 11) is 0. The molecule has 2 atom stereocenters. The van der Waals surface area contributed by atoms with Gasteiger partial charge in [0.15, 0.2) is 0 Å². The first kappa shape index (κ1) is 21.2. The van der Waals surface area contributed by atoms with Gasteiger partial charge in [-0.25, -0.2) is 0 Å². The lowest BCUT2D eigenvalue weighted by atomic mass is 9.91. The lowest BCUT2D eigenvalue weighted by molar-refractivity contribution is -0.139. The lowest BCUT2D eigenvalue weighted by Gasteiger charge is -2.34. The van der Waals surface area contributed by atoms with Crippen LogP contribution in [0.4, 0.5) is 13.2 Å². The molecule has 0 aromatic heterocycles. The van der Waals surface area contributed by atoms with Gasteiger partial charge >= 0.3 is 6.18 Å². The van der Waals surface area contributed by atoms with Crippen LogP contribution in [0.25, 0.3) is 0 Å². The number of hydrogen-bond acceptors (Lipinski definition) is 3. The summed E-state index contributed by atoms with van der Waals surface area (Å²) in [5, 5.41) is 2.73. The maximum atomic E-state index is 13.0. The summed E-state index contributed by atoms with van der Waals surface area (Å²) in [6.07, 6.45) is -2.69. The number of carbonyl (C=O) groups excluding carboxylic acids is 2. The molecular weight excluding hydrogens is 359 g/mol. The Bertz CT molecular complexity index is 664. The average molecular weight is 385 g/mol. The van der Waals surface area contributed by atoms with E-state index in [1.165, 1.54) is 6.07 Å². The molecule has 1 heterocycles. The Morgan fingerprint density at radius 3 is 2.74 bits per heavy atom. The zero-order chi connectivity index (χ0) is 20.0. The van der Waals surface area contributed by atoms with Crippen LogP contribution < -0.4 is 11.1 Å². The maximum absolute atomic E-state index is 13.0. The third-order valence-electron chi connectivity index (χ3n) is 4.87. The van der Waals surface area contributed by atoms with Crippen LogP contribution in [-0.4, -0.2) is 42.9 Å². The van der Waals surface area contributed by atoms with E-state index in [2.05, 4.69) is 5.32 Å². The fourth-order valence-electron chi connectivity index (χ4n) is 3.44. The SMILES string of the molecule is CCC(C(=O)N1CCCC(C(=O)NCCN)C1)c1cccc(C(F)(F)F)c1. The fourth-order valence-corrected chi connectivity index (χ4v) is 3.44. The number of carbonyl (C=O) groups is 2. The molecule has 8 heteroatoms. The normalized spacial score (nSPS) is 18.9. The highest BCUT2D eigenvalue weighted by Crippen LogP contribution is 2.33. The molecule has 0 radical (unpaired) electrons. The standard InChI is InChI=1S/C19H26F3N3O2/c1-2-16(13-5-3-7-15(11-13)19(20,21)22)18(27)25-10-4-6-14(12-25)17(26)24-9-8-23/h3,5,7,11,14,16H,2,4,6,8-10,12,23H2,1H3,(H,24,26). The minimum absolute atomic E-state index is 0.134. The third-order valence-corrected chi connectivity index (χ3v) is 4.87. The molecule has 2 amide bonds. The maximum Gasteiger partial charge on any atom is 0.416 e. The number of alkyl halides is 3. The molecule has 0 aliphatic carbocycles. The number of likely N-dealkylation sites (tertiary alicyclic amines) is 1. The Morgan fingerprint density at radius 1 is 1.37 bits per heavy atom. The van der Waals surface area contributed by atoms with Gasteiger partial charge in [-0.1, -0.05) is 25.1 Å². The molecule has 27 heavy (non-hydrogen) atoms. The zero-order valence-electron chi connectivity index (χ0n) is 15.4. The summed E-state index contributed by atoms with van der Waals surface area (Å²) in [5.41, 5.74) is 4.98. The van der Waals surface area contributed by atoms with E-state index in [1.807, 2.05) is 0 Å². The Hall–Kier alpha value is -2.09. The minimum atomic E-state index is -4.45. The monoisotopic (exact) mass is 385 g/mol. The summed E-state index contributed by atoms with van der Waals surface area (Å²) in [6.45, 7) is 3.29. The van der Waals surface area contributed by atoms with Crippen molar-refractivity contribution in [3.63, 3.8) is 0 Å². The van der Waals surface area contributed by atoms with E-state index < -0.39 is 17.7 Å². The molecular formula is C19H26F3N3O2. The van der Waals surface area contributed by atoms with Gasteiger partial charge in [0.05, 0.1) is 17.4 Å². The van der Waals surface area contributed by atoms with Gasteiger partial charge in [0.2, 0.25) is 11.8 Å². The number of halogens is 3. The fraction of sp³-hybridized carbons (Fsp3) is 0.579. The predicted molar refractivity (Wildman–Crippen MR) is 95.8 cm³/mol. The number of nitrogens with one attached hydrogen (secondary N) is 1.